The molecule has 0 bridgehead atoms. The molecule has 0 radical (unpaired) electrons. The number of amides is 1. The summed E-state index contributed by atoms with van der Waals surface area (Å²) < 4.78 is 10.8. The molecular weight excluding hydrogens is 558 g/mol. The third kappa shape index (κ3) is 4.35. The highest BCUT2D eigenvalue weighted by Gasteiger charge is 2.73. The van der Waals surface area contributed by atoms with Crippen molar-refractivity contribution >= 4 is 23.8 Å². The van der Waals surface area contributed by atoms with Gasteiger partial charge in [-0.25, -0.2) is 4.79 Å². The van der Waals surface area contributed by atoms with E-state index in [0.717, 1.165) is 56.9 Å². The number of hydrogen-bond acceptors (Lipinski definition) is 6. The number of carbonyl (C=O) groups excluding carboxylic acids is 3. The number of nitrogens with one attached hydrogen (secondary N) is 1. The molecule has 246 valence electrons. The van der Waals surface area contributed by atoms with Crippen LogP contribution >= 0.6 is 0 Å². The summed E-state index contributed by atoms with van der Waals surface area (Å²) in [6.07, 6.45) is 7.83. The van der Waals surface area contributed by atoms with Crippen molar-refractivity contribution in [2.24, 2.45) is 56.7 Å². The Hall–Kier alpha value is -2.38. The summed E-state index contributed by atoms with van der Waals surface area (Å²) in [4.78, 5) is 51.7. The average Bonchev–Trinajstić information content (AvgIpc) is 3.36. The van der Waals surface area contributed by atoms with Crippen molar-refractivity contribution in [1.29, 1.82) is 0 Å². The molecule has 8 heteroatoms. The number of esters is 2. The van der Waals surface area contributed by atoms with Crippen LogP contribution in [0.1, 0.15) is 113 Å². The maximum absolute atomic E-state index is 14.2. The van der Waals surface area contributed by atoms with Gasteiger partial charge < -0.3 is 19.9 Å². The number of aliphatic carboxylic acids is 1. The van der Waals surface area contributed by atoms with E-state index in [1.165, 1.54) is 14.0 Å². The largest absolute Gasteiger partial charge is 0.481 e. The van der Waals surface area contributed by atoms with Crippen LogP contribution in [0.5, 0.6) is 0 Å². The number of hydrogen-bond donors (Lipinski definition) is 2. The predicted molar refractivity (Wildman–Crippen MR) is 166 cm³/mol. The molecular formula is C36H55NO7. The molecule has 5 saturated carbocycles. The lowest BCUT2D eigenvalue weighted by Crippen LogP contribution is -2.69. The van der Waals surface area contributed by atoms with Crippen molar-refractivity contribution in [3.63, 3.8) is 0 Å². The average molecular weight is 614 g/mol. The van der Waals surface area contributed by atoms with Gasteiger partial charge in [-0.2, -0.15) is 0 Å². The summed E-state index contributed by atoms with van der Waals surface area (Å²) in [5.74, 6) is -0.857. The maximum atomic E-state index is 14.2. The molecule has 0 aliphatic heterocycles. The van der Waals surface area contributed by atoms with Gasteiger partial charge in [-0.1, -0.05) is 32.9 Å². The molecule has 0 spiro atoms. The number of methoxy groups -OCH3 is 1. The lowest BCUT2D eigenvalue weighted by Gasteiger charge is -2.72. The van der Waals surface area contributed by atoms with Crippen molar-refractivity contribution in [3.05, 3.63) is 12.2 Å². The molecule has 5 aliphatic rings. The highest BCUT2D eigenvalue weighted by Crippen LogP contribution is 2.77. The van der Waals surface area contributed by atoms with Crippen LogP contribution in [-0.4, -0.2) is 48.2 Å². The summed E-state index contributed by atoms with van der Waals surface area (Å²) in [6.45, 7) is 18.7. The van der Waals surface area contributed by atoms with Crippen molar-refractivity contribution < 1.29 is 33.8 Å². The summed E-state index contributed by atoms with van der Waals surface area (Å²) in [5.41, 5.74) is -0.801. The summed E-state index contributed by atoms with van der Waals surface area (Å²) >= 11 is 0. The van der Waals surface area contributed by atoms with Crippen molar-refractivity contribution in [2.75, 3.05) is 7.11 Å². The first-order valence-corrected chi connectivity index (χ1v) is 16.9. The first-order chi connectivity index (χ1) is 20.4. The Morgan fingerprint density at radius 1 is 0.864 bits per heavy atom. The van der Waals surface area contributed by atoms with Gasteiger partial charge in [0.25, 0.3) is 0 Å². The first kappa shape index (κ1) is 33.0. The molecule has 5 aliphatic carbocycles. The molecule has 1 amide bonds. The van der Waals surface area contributed by atoms with E-state index in [-0.39, 0.29) is 39.9 Å². The first-order valence-electron chi connectivity index (χ1n) is 16.9. The number of ether oxygens (including phenoxy) is 2. The Morgan fingerprint density at radius 2 is 1.55 bits per heavy atom. The van der Waals surface area contributed by atoms with Crippen LogP contribution in [0.3, 0.4) is 0 Å². The lowest BCUT2D eigenvalue weighted by atomic mass is 9.32. The van der Waals surface area contributed by atoms with Gasteiger partial charge in [0.05, 0.1) is 17.9 Å². The highest BCUT2D eigenvalue weighted by molar-refractivity contribution is 5.88. The van der Waals surface area contributed by atoms with E-state index in [4.69, 9.17) is 9.47 Å². The number of carboxylic acid groups (broad SMARTS) is 1. The van der Waals surface area contributed by atoms with Gasteiger partial charge in [0.1, 0.15) is 12.1 Å². The van der Waals surface area contributed by atoms with Gasteiger partial charge in [-0.3, -0.25) is 14.4 Å². The van der Waals surface area contributed by atoms with Crippen LogP contribution in [0.2, 0.25) is 0 Å². The fraction of sp³-hybridized carbons (Fsp3) is 0.833. The topological polar surface area (TPSA) is 119 Å². The minimum absolute atomic E-state index is 0.0288. The third-order valence-corrected chi connectivity index (χ3v) is 14.8. The molecule has 5 fully saturated rings. The Kier molecular flexibility index (Phi) is 8.15. The summed E-state index contributed by atoms with van der Waals surface area (Å²) in [6, 6.07) is -0.817. The molecule has 0 heterocycles. The van der Waals surface area contributed by atoms with Crippen LogP contribution < -0.4 is 5.32 Å². The third-order valence-electron chi connectivity index (χ3n) is 14.8. The van der Waals surface area contributed by atoms with Crippen LogP contribution in [0, 0.1) is 56.7 Å². The molecule has 8 nitrogen and oxygen atoms in total. The van der Waals surface area contributed by atoms with Crippen molar-refractivity contribution in [3.8, 4) is 0 Å². The summed E-state index contributed by atoms with van der Waals surface area (Å²) in [5, 5.41) is 13.6. The Bertz CT molecular complexity index is 1250. The van der Waals surface area contributed by atoms with E-state index < -0.39 is 40.9 Å². The molecule has 0 unspecified atom stereocenters. The van der Waals surface area contributed by atoms with Gasteiger partial charge in [-0.15, -0.1) is 0 Å². The van der Waals surface area contributed by atoms with E-state index >= 15 is 0 Å². The standard InChI is InChI=1S/C36H55NO7/c1-20(2)23-12-17-36(31(41)42)19-18-33(6)24(28(23)36)10-11-25-32(5)15-14-27(44-22(4)38)35(8,26(32)13-16-34(25,33)7)30(40)37-21(3)29(39)43-9/h21,23-28H,1,10-19H2,2-9H3,(H,37,40)(H,41,42)/t21-,23-,24+,25+,26+,27+,28+,32+,33+,34+,35-,36-/m0/s1. The van der Waals surface area contributed by atoms with Gasteiger partial charge in [0.2, 0.25) is 5.91 Å². The monoisotopic (exact) mass is 613 g/mol. The van der Waals surface area contributed by atoms with E-state index in [1.807, 2.05) is 6.92 Å². The second-order valence-electron chi connectivity index (χ2n) is 16.3. The Morgan fingerprint density at radius 3 is 2.14 bits per heavy atom. The molecule has 0 saturated heterocycles. The van der Waals surface area contributed by atoms with Crippen LogP contribution in [0.25, 0.3) is 0 Å². The fourth-order valence-corrected chi connectivity index (χ4v) is 12.5. The number of rotatable bonds is 6. The molecule has 44 heavy (non-hydrogen) atoms. The lowest BCUT2D eigenvalue weighted by molar-refractivity contribution is -0.250. The fourth-order valence-electron chi connectivity index (χ4n) is 12.5. The van der Waals surface area contributed by atoms with Crippen molar-refractivity contribution in [1.82, 2.24) is 5.32 Å². The highest BCUT2D eigenvalue weighted by atomic mass is 16.5. The minimum atomic E-state index is -1.01. The second-order valence-corrected chi connectivity index (χ2v) is 16.3. The van der Waals surface area contributed by atoms with E-state index in [0.29, 0.717) is 24.7 Å². The quantitative estimate of drug-likeness (QED) is 0.266. The molecule has 2 N–H and O–H groups in total. The second kappa shape index (κ2) is 10.9. The van der Waals surface area contributed by atoms with Crippen LogP contribution in [0.4, 0.5) is 0 Å². The molecule has 0 aromatic heterocycles. The van der Waals surface area contributed by atoms with Crippen LogP contribution in [0.15, 0.2) is 12.2 Å². The van der Waals surface area contributed by atoms with E-state index in [9.17, 15) is 24.3 Å². The SMILES string of the molecule is C=C(C)[C@@H]1CC[C@]2(C(=O)O)CC[C@]3(C)[C@H](CC[C@@H]4[C@@]5(C)CC[C@@H](OC(C)=O)[C@@](C)(C(=O)N[C@@H](C)C(=O)OC)[C@@H]5CC[C@]43C)[C@@H]12. The predicted octanol–water partition coefficient (Wildman–Crippen LogP) is 6.32. The smallest absolute Gasteiger partial charge is 0.328 e. The molecule has 0 aromatic carbocycles. The summed E-state index contributed by atoms with van der Waals surface area (Å²) in [7, 11) is 1.31. The van der Waals surface area contributed by atoms with Gasteiger partial charge in [-0.05, 0) is 131 Å². The zero-order chi connectivity index (χ0) is 32.6. The van der Waals surface area contributed by atoms with E-state index in [1.54, 1.807) is 6.92 Å². The van der Waals surface area contributed by atoms with Crippen LogP contribution in [-0.2, 0) is 28.7 Å². The molecule has 0 aromatic rings. The van der Waals surface area contributed by atoms with Gasteiger partial charge >= 0.3 is 17.9 Å². The number of fused-ring (bicyclic) bond motifs is 7. The van der Waals surface area contributed by atoms with E-state index in [2.05, 4.69) is 39.6 Å². The van der Waals surface area contributed by atoms with Gasteiger partial charge in [0, 0.05) is 6.92 Å². The molecule has 12 atom stereocenters. The zero-order valence-electron chi connectivity index (χ0n) is 28.2. The van der Waals surface area contributed by atoms with Gasteiger partial charge in [0.15, 0.2) is 0 Å². The minimum Gasteiger partial charge on any atom is -0.481 e. The Labute approximate surface area is 263 Å². The number of carboxylic acids is 1. The normalized spacial score (nSPS) is 46.6. The number of carbonyl (C=O) groups is 4. The maximum Gasteiger partial charge on any atom is 0.328 e. The molecule has 5 rings (SSSR count). The zero-order valence-corrected chi connectivity index (χ0v) is 28.2. The number of allylic oxidation sites excluding steroid dienone is 1. The van der Waals surface area contributed by atoms with Crippen molar-refractivity contribution in [2.45, 2.75) is 125 Å². The Balaban J connectivity index is 1.53.